The second-order valence-electron chi connectivity index (χ2n) is 5.26. The van der Waals surface area contributed by atoms with Gasteiger partial charge in [-0.25, -0.2) is 0 Å². The predicted octanol–water partition coefficient (Wildman–Crippen LogP) is 2.95. The summed E-state index contributed by atoms with van der Waals surface area (Å²) in [7, 11) is 0. The summed E-state index contributed by atoms with van der Waals surface area (Å²) >= 11 is 3.45. The first-order valence-corrected chi connectivity index (χ1v) is 7.72. The number of nitrogens with zero attached hydrogens (tertiary/aromatic N) is 3. The summed E-state index contributed by atoms with van der Waals surface area (Å²) in [5, 5.41) is 4.02. The van der Waals surface area contributed by atoms with Gasteiger partial charge in [0.1, 0.15) is 5.69 Å². The number of hydrogen-bond donors (Lipinski definition) is 1. The van der Waals surface area contributed by atoms with Gasteiger partial charge >= 0.3 is 0 Å². The van der Waals surface area contributed by atoms with Crippen molar-refractivity contribution in [3.05, 3.63) is 28.7 Å². The van der Waals surface area contributed by atoms with E-state index in [9.17, 15) is 0 Å². The van der Waals surface area contributed by atoms with Crippen LogP contribution in [0.5, 0.6) is 0 Å². The SMILES string of the molecule is NC1CCCCC1Cc1nc(-c2ncccc2Br)no1. The molecule has 5 nitrogen and oxygen atoms in total. The number of halogens is 1. The van der Waals surface area contributed by atoms with Crippen LogP contribution >= 0.6 is 15.9 Å². The molecule has 3 rings (SSSR count). The molecule has 2 heterocycles. The van der Waals surface area contributed by atoms with Crippen molar-refractivity contribution < 1.29 is 4.52 Å². The Morgan fingerprint density at radius 3 is 3.00 bits per heavy atom. The van der Waals surface area contributed by atoms with Crippen molar-refractivity contribution in [2.24, 2.45) is 11.7 Å². The van der Waals surface area contributed by atoms with Crippen LogP contribution < -0.4 is 5.73 Å². The van der Waals surface area contributed by atoms with Crippen molar-refractivity contribution in [3.8, 4) is 11.5 Å². The fraction of sp³-hybridized carbons (Fsp3) is 0.500. The summed E-state index contributed by atoms with van der Waals surface area (Å²) in [5.41, 5.74) is 6.86. The molecule has 1 saturated carbocycles. The summed E-state index contributed by atoms with van der Waals surface area (Å²) < 4.78 is 6.21. The van der Waals surface area contributed by atoms with E-state index in [1.54, 1.807) is 6.20 Å². The molecule has 0 spiro atoms. The Morgan fingerprint density at radius 1 is 1.35 bits per heavy atom. The zero-order chi connectivity index (χ0) is 13.9. The summed E-state index contributed by atoms with van der Waals surface area (Å²) in [6.07, 6.45) is 7.19. The van der Waals surface area contributed by atoms with Crippen molar-refractivity contribution in [2.75, 3.05) is 0 Å². The molecule has 2 aromatic rings. The Labute approximate surface area is 126 Å². The fourth-order valence-electron chi connectivity index (χ4n) is 2.70. The van der Waals surface area contributed by atoms with E-state index in [1.807, 2.05) is 12.1 Å². The van der Waals surface area contributed by atoms with Crippen LogP contribution in [0.15, 0.2) is 27.3 Å². The third-order valence-electron chi connectivity index (χ3n) is 3.84. The molecule has 0 aromatic carbocycles. The molecule has 0 bridgehead atoms. The number of nitrogens with two attached hydrogens (primary N) is 1. The molecule has 106 valence electrons. The summed E-state index contributed by atoms with van der Waals surface area (Å²) in [4.78, 5) is 8.71. The molecule has 6 heteroatoms. The largest absolute Gasteiger partial charge is 0.339 e. The smallest absolute Gasteiger partial charge is 0.227 e. The van der Waals surface area contributed by atoms with Crippen molar-refractivity contribution in [1.29, 1.82) is 0 Å². The second-order valence-corrected chi connectivity index (χ2v) is 6.11. The first-order valence-electron chi connectivity index (χ1n) is 6.93. The van der Waals surface area contributed by atoms with Gasteiger partial charge < -0.3 is 10.3 Å². The van der Waals surface area contributed by atoms with Crippen molar-refractivity contribution >= 4 is 15.9 Å². The lowest BCUT2D eigenvalue weighted by Gasteiger charge is -2.27. The molecule has 2 atom stereocenters. The van der Waals surface area contributed by atoms with E-state index >= 15 is 0 Å². The van der Waals surface area contributed by atoms with Gasteiger partial charge in [0, 0.05) is 23.1 Å². The quantitative estimate of drug-likeness (QED) is 0.932. The van der Waals surface area contributed by atoms with Gasteiger partial charge in [0.05, 0.1) is 0 Å². The van der Waals surface area contributed by atoms with Crippen LogP contribution in [0.1, 0.15) is 31.6 Å². The van der Waals surface area contributed by atoms with Gasteiger partial charge in [-0.1, -0.05) is 18.0 Å². The number of aromatic nitrogens is 3. The first kappa shape index (κ1) is 13.7. The van der Waals surface area contributed by atoms with Crippen molar-refractivity contribution in [2.45, 2.75) is 38.1 Å². The molecule has 0 radical (unpaired) electrons. The Kier molecular flexibility index (Phi) is 4.12. The van der Waals surface area contributed by atoms with Gasteiger partial charge in [0.25, 0.3) is 0 Å². The lowest BCUT2D eigenvalue weighted by molar-refractivity contribution is 0.273. The maximum absolute atomic E-state index is 6.16. The van der Waals surface area contributed by atoms with Gasteiger partial charge in [0.2, 0.25) is 11.7 Å². The standard InChI is InChI=1S/C14H17BrN4O/c15-10-5-3-7-17-13(10)14-18-12(20-19-14)8-9-4-1-2-6-11(9)16/h3,5,7,9,11H,1-2,4,6,8,16H2. The molecule has 0 aliphatic heterocycles. The van der Waals surface area contributed by atoms with Crippen LogP contribution in [0, 0.1) is 5.92 Å². The van der Waals surface area contributed by atoms with Crippen LogP contribution in [0.4, 0.5) is 0 Å². The molecular formula is C14H17BrN4O. The molecule has 1 aliphatic carbocycles. The molecule has 0 saturated heterocycles. The maximum atomic E-state index is 6.16. The fourth-order valence-corrected chi connectivity index (χ4v) is 3.13. The van der Waals surface area contributed by atoms with E-state index < -0.39 is 0 Å². The third-order valence-corrected chi connectivity index (χ3v) is 4.48. The van der Waals surface area contributed by atoms with E-state index in [1.165, 1.54) is 12.8 Å². The average molecular weight is 337 g/mol. The normalized spacial score (nSPS) is 22.9. The Hall–Kier alpha value is -1.27. The van der Waals surface area contributed by atoms with E-state index in [0.29, 0.717) is 23.3 Å². The van der Waals surface area contributed by atoms with Crippen molar-refractivity contribution in [3.63, 3.8) is 0 Å². The summed E-state index contributed by atoms with van der Waals surface area (Å²) in [5.74, 6) is 1.63. The highest BCUT2D eigenvalue weighted by Crippen LogP contribution is 2.27. The van der Waals surface area contributed by atoms with Gasteiger partial charge in [-0.2, -0.15) is 4.98 Å². The van der Waals surface area contributed by atoms with Crippen LogP contribution in [0.3, 0.4) is 0 Å². The highest BCUT2D eigenvalue weighted by Gasteiger charge is 2.24. The number of hydrogen-bond acceptors (Lipinski definition) is 5. The number of rotatable bonds is 3. The van der Waals surface area contributed by atoms with Crippen LogP contribution in [-0.2, 0) is 6.42 Å². The minimum Gasteiger partial charge on any atom is -0.339 e. The zero-order valence-corrected chi connectivity index (χ0v) is 12.7. The highest BCUT2D eigenvalue weighted by molar-refractivity contribution is 9.10. The highest BCUT2D eigenvalue weighted by atomic mass is 79.9. The Balaban J connectivity index is 1.75. The number of pyridine rings is 1. The predicted molar refractivity (Wildman–Crippen MR) is 78.9 cm³/mol. The van der Waals surface area contributed by atoms with E-state index in [-0.39, 0.29) is 6.04 Å². The van der Waals surface area contributed by atoms with E-state index in [0.717, 1.165) is 23.7 Å². The molecule has 2 aromatic heterocycles. The topological polar surface area (TPSA) is 77.8 Å². The summed E-state index contributed by atoms with van der Waals surface area (Å²) in [6.45, 7) is 0. The van der Waals surface area contributed by atoms with Gasteiger partial charge in [-0.15, -0.1) is 0 Å². The lowest BCUT2D eigenvalue weighted by Crippen LogP contribution is -2.34. The molecule has 20 heavy (non-hydrogen) atoms. The summed E-state index contributed by atoms with van der Waals surface area (Å²) in [6, 6.07) is 4.02. The van der Waals surface area contributed by atoms with Gasteiger partial charge in [-0.3, -0.25) is 4.98 Å². The van der Waals surface area contributed by atoms with Crippen LogP contribution in [0.2, 0.25) is 0 Å². The molecule has 0 amide bonds. The minimum atomic E-state index is 0.251. The van der Waals surface area contributed by atoms with Crippen LogP contribution in [-0.4, -0.2) is 21.2 Å². The lowest BCUT2D eigenvalue weighted by atomic mass is 9.83. The van der Waals surface area contributed by atoms with Gasteiger partial charge in [0.15, 0.2) is 0 Å². The molecule has 1 aliphatic rings. The second kappa shape index (κ2) is 6.01. The minimum absolute atomic E-state index is 0.251. The average Bonchev–Trinajstić information content (AvgIpc) is 2.90. The zero-order valence-electron chi connectivity index (χ0n) is 11.1. The van der Waals surface area contributed by atoms with Crippen LogP contribution in [0.25, 0.3) is 11.5 Å². The van der Waals surface area contributed by atoms with Crippen molar-refractivity contribution in [1.82, 2.24) is 15.1 Å². The molecular weight excluding hydrogens is 320 g/mol. The Bertz CT molecular complexity index is 586. The molecule has 1 fully saturated rings. The third kappa shape index (κ3) is 2.91. The van der Waals surface area contributed by atoms with E-state index in [2.05, 4.69) is 31.1 Å². The maximum Gasteiger partial charge on any atom is 0.227 e. The van der Waals surface area contributed by atoms with E-state index in [4.69, 9.17) is 10.3 Å². The molecule has 2 N–H and O–H groups in total. The Morgan fingerprint density at radius 2 is 2.20 bits per heavy atom. The first-order chi connectivity index (χ1) is 9.74. The molecule has 2 unspecified atom stereocenters. The van der Waals surface area contributed by atoms with Gasteiger partial charge in [-0.05, 0) is 46.8 Å². The monoisotopic (exact) mass is 336 g/mol.